The van der Waals surface area contributed by atoms with E-state index < -0.39 is 31.9 Å². The number of benzene rings is 2. The van der Waals surface area contributed by atoms with Crippen molar-refractivity contribution in [2.45, 2.75) is 16.2 Å². The van der Waals surface area contributed by atoms with Gasteiger partial charge in [-0.2, -0.15) is 0 Å². The first-order valence-electron chi connectivity index (χ1n) is 8.70. The standard InChI is InChI=1S/C18H17ClN2O7S2/c19-14-6-2-4-8-16(14)29(24,25)20-10-9-17(22)28-12-11-21-18(23)13-5-1-3-7-15(13)30(21,26)27/h1-8,20H,9-12H2. The highest BCUT2D eigenvalue weighted by Gasteiger charge is 2.40. The lowest BCUT2D eigenvalue weighted by Crippen LogP contribution is -2.34. The molecule has 0 bridgehead atoms. The number of sulfonamides is 2. The normalized spacial score (nSPS) is 15.1. The van der Waals surface area contributed by atoms with Crippen LogP contribution < -0.4 is 4.72 Å². The quantitative estimate of drug-likeness (QED) is 0.575. The molecule has 0 aliphatic carbocycles. The fraction of sp³-hybridized carbons (Fsp3) is 0.222. The topological polar surface area (TPSA) is 127 Å². The van der Waals surface area contributed by atoms with Gasteiger partial charge in [0.05, 0.1) is 23.6 Å². The summed E-state index contributed by atoms with van der Waals surface area (Å²) in [5.74, 6) is -1.44. The van der Waals surface area contributed by atoms with E-state index in [2.05, 4.69) is 4.72 Å². The Hall–Kier alpha value is -2.47. The van der Waals surface area contributed by atoms with Crippen LogP contribution in [0.1, 0.15) is 16.8 Å². The molecule has 1 N–H and O–H groups in total. The third-order valence-electron chi connectivity index (χ3n) is 4.22. The number of hydrogen-bond acceptors (Lipinski definition) is 7. The van der Waals surface area contributed by atoms with Crippen LogP contribution in [0.25, 0.3) is 0 Å². The molecular weight excluding hydrogens is 456 g/mol. The number of nitrogens with zero attached hydrogens (tertiary/aromatic N) is 1. The van der Waals surface area contributed by atoms with Crippen LogP contribution in [0.5, 0.6) is 0 Å². The fourth-order valence-electron chi connectivity index (χ4n) is 2.79. The number of carbonyl (C=O) groups is 2. The maximum atomic E-state index is 12.4. The van der Waals surface area contributed by atoms with Crippen molar-refractivity contribution in [1.82, 2.24) is 9.03 Å². The minimum absolute atomic E-state index is 0.0464. The molecule has 2 aromatic carbocycles. The van der Waals surface area contributed by atoms with E-state index in [0.29, 0.717) is 4.31 Å². The molecule has 1 heterocycles. The van der Waals surface area contributed by atoms with E-state index in [4.69, 9.17) is 16.3 Å². The third-order valence-corrected chi connectivity index (χ3v) is 8.02. The summed E-state index contributed by atoms with van der Waals surface area (Å²) in [6.07, 6.45) is -0.287. The van der Waals surface area contributed by atoms with E-state index in [0.717, 1.165) is 0 Å². The highest BCUT2D eigenvalue weighted by Crippen LogP contribution is 2.29. The number of amides is 1. The van der Waals surface area contributed by atoms with Gasteiger partial charge in [0, 0.05) is 6.54 Å². The molecule has 0 fully saturated rings. The minimum atomic E-state index is -3.98. The molecule has 0 radical (unpaired) electrons. The summed E-state index contributed by atoms with van der Waals surface area (Å²) < 4.78 is 57.0. The van der Waals surface area contributed by atoms with Gasteiger partial charge in [0.15, 0.2) is 0 Å². The smallest absolute Gasteiger partial charge is 0.307 e. The van der Waals surface area contributed by atoms with Crippen molar-refractivity contribution in [3.63, 3.8) is 0 Å². The molecule has 0 atom stereocenters. The zero-order valence-corrected chi connectivity index (χ0v) is 17.8. The first-order chi connectivity index (χ1) is 14.1. The summed E-state index contributed by atoms with van der Waals surface area (Å²) in [5, 5.41) is 0.0464. The Labute approximate surface area is 178 Å². The van der Waals surface area contributed by atoms with Gasteiger partial charge in [-0.15, -0.1) is 0 Å². The summed E-state index contributed by atoms with van der Waals surface area (Å²) in [6.45, 7) is -0.930. The summed E-state index contributed by atoms with van der Waals surface area (Å²) in [4.78, 5) is 23.9. The van der Waals surface area contributed by atoms with Crippen LogP contribution in [0, 0.1) is 0 Å². The van der Waals surface area contributed by atoms with Crippen LogP contribution >= 0.6 is 11.6 Å². The Balaban J connectivity index is 1.48. The van der Waals surface area contributed by atoms with E-state index in [1.807, 2.05) is 0 Å². The van der Waals surface area contributed by atoms with Crippen LogP contribution in [-0.4, -0.2) is 52.7 Å². The second-order valence-corrected chi connectivity index (χ2v) is 10.2. The van der Waals surface area contributed by atoms with Gasteiger partial charge in [-0.25, -0.2) is 25.9 Å². The molecule has 0 saturated heterocycles. The van der Waals surface area contributed by atoms with Gasteiger partial charge >= 0.3 is 5.97 Å². The van der Waals surface area contributed by atoms with Crippen molar-refractivity contribution in [1.29, 1.82) is 0 Å². The molecule has 2 aromatic rings. The van der Waals surface area contributed by atoms with E-state index in [-0.39, 0.29) is 46.5 Å². The van der Waals surface area contributed by atoms with Gasteiger partial charge in [-0.1, -0.05) is 35.9 Å². The number of hydrogen-bond donors (Lipinski definition) is 1. The van der Waals surface area contributed by atoms with Crippen molar-refractivity contribution in [2.75, 3.05) is 19.7 Å². The van der Waals surface area contributed by atoms with E-state index >= 15 is 0 Å². The molecular formula is C18H17ClN2O7S2. The molecule has 0 aromatic heterocycles. The molecule has 1 aliphatic rings. The van der Waals surface area contributed by atoms with Crippen LogP contribution in [-0.2, 0) is 29.6 Å². The zero-order chi connectivity index (χ0) is 21.9. The molecule has 160 valence electrons. The molecule has 1 aliphatic heterocycles. The average molecular weight is 473 g/mol. The summed E-state index contributed by atoms with van der Waals surface area (Å²) in [6, 6.07) is 11.7. The number of carbonyl (C=O) groups excluding carboxylic acids is 2. The van der Waals surface area contributed by atoms with Gasteiger partial charge in [0.1, 0.15) is 16.4 Å². The van der Waals surface area contributed by atoms with E-state index in [9.17, 15) is 26.4 Å². The van der Waals surface area contributed by atoms with Crippen molar-refractivity contribution >= 4 is 43.5 Å². The second kappa shape index (κ2) is 8.72. The van der Waals surface area contributed by atoms with Crippen LogP contribution in [0.15, 0.2) is 58.3 Å². The first kappa shape index (κ1) is 22.2. The predicted octanol–water partition coefficient (Wildman–Crippen LogP) is 1.40. The number of nitrogens with one attached hydrogen (secondary N) is 1. The van der Waals surface area contributed by atoms with Gasteiger partial charge in [0.25, 0.3) is 15.9 Å². The molecule has 9 nitrogen and oxygen atoms in total. The van der Waals surface area contributed by atoms with Crippen LogP contribution in [0.3, 0.4) is 0 Å². The van der Waals surface area contributed by atoms with Gasteiger partial charge in [-0.05, 0) is 24.3 Å². The monoisotopic (exact) mass is 472 g/mol. The van der Waals surface area contributed by atoms with Crippen molar-refractivity contribution < 1.29 is 31.2 Å². The summed E-state index contributed by atoms with van der Waals surface area (Å²) in [7, 11) is -7.87. The number of rotatable bonds is 8. The Morgan fingerprint density at radius 1 is 1.10 bits per heavy atom. The molecule has 0 unspecified atom stereocenters. The Morgan fingerprint density at radius 2 is 1.77 bits per heavy atom. The lowest BCUT2D eigenvalue weighted by molar-refractivity contribution is -0.143. The number of halogens is 1. The molecule has 0 spiro atoms. The number of esters is 1. The first-order valence-corrected chi connectivity index (χ1v) is 12.0. The SMILES string of the molecule is O=C(CCNS(=O)(=O)c1ccccc1Cl)OCCN1C(=O)c2ccccc2S1(=O)=O. The fourth-order valence-corrected chi connectivity index (χ4v) is 5.90. The average Bonchev–Trinajstić information content (AvgIpc) is 2.89. The lowest BCUT2D eigenvalue weighted by Gasteiger charge is -2.15. The highest BCUT2D eigenvalue weighted by atomic mass is 35.5. The molecule has 12 heteroatoms. The molecule has 1 amide bonds. The predicted molar refractivity (Wildman–Crippen MR) is 107 cm³/mol. The van der Waals surface area contributed by atoms with Gasteiger partial charge in [0.2, 0.25) is 10.0 Å². The maximum absolute atomic E-state index is 12.4. The number of ether oxygens (including phenoxy) is 1. The minimum Gasteiger partial charge on any atom is -0.464 e. The van der Waals surface area contributed by atoms with Gasteiger partial charge in [-0.3, -0.25) is 9.59 Å². The Morgan fingerprint density at radius 3 is 2.47 bits per heavy atom. The summed E-state index contributed by atoms with van der Waals surface area (Å²) >= 11 is 5.86. The lowest BCUT2D eigenvalue weighted by atomic mass is 10.2. The highest BCUT2D eigenvalue weighted by molar-refractivity contribution is 7.90. The van der Waals surface area contributed by atoms with E-state index in [1.54, 1.807) is 12.1 Å². The van der Waals surface area contributed by atoms with Crippen molar-refractivity contribution in [3.05, 3.63) is 59.1 Å². The zero-order valence-electron chi connectivity index (χ0n) is 15.4. The number of fused-ring (bicyclic) bond motifs is 1. The Kier molecular flexibility index (Phi) is 6.46. The van der Waals surface area contributed by atoms with Crippen LogP contribution in [0.2, 0.25) is 5.02 Å². The molecule has 3 rings (SSSR count). The third kappa shape index (κ3) is 4.48. The summed E-state index contributed by atoms with van der Waals surface area (Å²) in [5.41, 5.74) is 0.0674. The van der Waals surface area contributed by atoms with Crippen molar-refractivity contribution in [2.24, 2.45) is 0 Å². The molecule has 0 saturated carbocycles. The maximum Gasteiger partial charge on any atom is 0.307 e. The second-order valence-electron chi connectivity index (χ2n) is 6.18. The largest absolute Gasteiger partial charge is 0.464 e. The van der Waals surface area contributed by atoms with E-state index in [1.165, 1.54) is 36.4 Å². The molecule has 30 heavy (non-hydrogen) atoms. The van der Waals surface area contributed by atoms with Gasteiger partial charge < -0.3 is 4.74 Å². The van der Waals surface area contributed by atoms with Crippen molar-refractivity contribution in [3.8, 4) is 0 Å². The van der Waals surface area contributed by atoms with Crippen LogP contribution in [0.4, 0.5) is 0 Å². The Bertz CT molecular complexity index is 1200.